The minimum absolute atomic E-state index is 0.223. The number of benzene rings is 1. The molecule has 172 valence electrons. The molecule has 0 unspecified atom stereocenters. The van der Waals surface area contributed by atoms with E-state index in [9.17, 15) is 9.90 Å². The minimum Gasteiger partial charge on any atom is -0.373 e. The van der Waals surface area contributed by atoms with Crippen LogP contribution in [0.5, 0.6) is 0 Å². The zero-order chi connectivity index (χ0) is 24.7. The molecule has 4 heterocycles. The molecular formula is C26H19ClN6O2. The first kappa shape index (κ1) is 22.5. The van der Waals surface area contributed by atoms with Gasteiger partial charge in [-0.3, -0.25) is 9.78 Å². The van der Waals surface area contributed by atoms with Crippen molar-refractivity contribution in [2.45, 2.75) is 5.60 Å². The van der Waals surface area contributed by atoms with Crippen LogP contribution in [-0.2, 0) is 19.7 Å². The normalized spacial score (nSPS) is 12.9. The van der Waals surface area contributed by atoms with Gasteiger partial charge in [0.25, 0.3) is 5.56 Å². The van der Waals surface area contributed by atoms with Crippen LogP contribution in [0.3, 0.4) is 0 Å². The van der Waals surface area contributed by atoms with E-state index in [-0.39, 0.29) is 5.56 Å². The zero-order valence-corrected chi connectivity index (χ0v) is 19.6. The highest BCUT2D eigenvalue weighted by Crippen LogP contribution is 2.37. The SMILES string of the molecule is C#Cc1cccc(-c2cc(=O)n(C)c3cnc([C@](O)(c4ccc(Cl)cc4)c4cnnn4C)cc23)n1. The van der Waals surface area contributed by atoms with Crippen molar-refractivity contribution < 1.29 is 5.11 Å². The number of halogens is 1. The van der Waals surface area contributed by atoms with Gasteiger partial charge in [0.05, 0.1) is 29.3 Å². The molecule has 0 bridgehead atoms. The Balaban J connectivity index is 1.84. The molecule has 8 nitrogen and oxygen atoms in total. The van der Waals surface area contributed by atoms with Crippen LogP contribution in [0.1, 0.15) is 22.6 Å². The van der Waals surface area contributed by atoms with Crippen molar-refractivity contribution in [2.75, 3.05) is 0 Å². The molecule has 0 saturated carbocycles. The van der Waals surface area contributed by atoms with Crippen molar-refractivity contribution in [2.24, 2.45) is 14.1 Å². The lowest BCUT2D eigenvalue weighted by Crippen LogP contribution is -2.32. The van der Waals surface area contributed by atoms with Gasteiger partial charge < -0.3 is 9.67 Å². The summed E-state index contributed by atoms with van der Waals surface area (Å²) in [6.45, 7) is 0. The summed E-state index contributed by atoms with van der Waals surface area (Å²) in [6.07, 6.45) is 8.59. The first-order valence-electron chi connectivity index (χ1n) is 10.6. The van der Waals surface area contributed by atoms with Crippen LogP contribution in [0.4, 0.5) is 0 Å². The Bertz CT molecular complexity index is 1680. The van der Waals surface area contributed by atoms with Gasteiger partial charge in [0.1, 0.15) is 11.4 Å². The quantitative estimate of drug-likeness (QED) is 0.395. The third-order valence-corrected chi connectivity index (χ3v) is 6.28. The highest BCUT2D eigenvalue weighted by molar-refractivity contribution is 6.30. The molecular weight excluding hydrogens is 464 g/mol. The van der Waals surface area contributed by atoms with E-state index < -0.39 is 5.60 Å². The van der Waals surface area contributed by atoms with Crippen molar-refractivity contribution in [3.8, 4) is 23.6 Å². The summed E-state index contributed by atoms with van der Waals surface area (Å²) < 4.78 is 2.98. The molecule has 9 heteroatoms. The molecule has 1 N–H and O–H groups in total. The van der Waals surface area contributed by atoms with Gasteiger partial charge in [-0.15, -0.1) is 11.5 Å². The average Bonchev–Trinajstić information content (AvgIpc) is 3.32. The molecule has 1 atom stereocenters. The third kappa shape index (κ3) is 3.67. The summed E-state index contributed by atoms with van der Waals surface area (Å²) in [4.78, 5) is 21.8. The van der Waals surface area contributed by atoms with Crippen LogP contribution < -0.4 is 5.56 Å². The highest BCUT2D eigenvalue weighted by atomic mass is 35.5. The molecule has 0 aliphatic carbocycles. The van der Waals surface area contributed by atoms with Crippen LogP contribution >= 0.6 is 11.6 Å². The van der Waals surface area contributed by atoms with Crippen molar-refractivity contribution >= 4 is 22.5 Å². The average molecular weight is 483 g/mol. The van der Waals surface area contributed by atoms with E-state index in [2.05, 4.69) is 26.2 Å². The van der Waals surface area contributed by atoms with Crippen LogP contribution in [0.2, 0.25) is 5.02 Å². The maximum absolute atomic E-state index is 12.7. The van der Waals surface area contributed by atoms with Crippen LogP contribution in [-0.4, -0.2) is 34.6 Å². The minimum atomic E-state index is -1.71. The Hall–Kier alpha value is -4.32. The number of aliphatic hydroxyl groups is 1. The number of rotatable bonds is 4. The van der Waals surface area contributed by atoms with Gasteiger partial charge in [0.2, 0.25) is 0 Å². The Labute approximate surface area is 205 Å². The van der Waals surface area contributed by atoms with Gasteiger partial charge in [0.15, 0.2) is 5.60 Å². The van der Waals surface area contributed by atoms with Gasteiger partial charge in [-0.1, -0.05) is 40.9 Å². The van der Waals surface area contributed by atoms with Crippen LogP contribution in [0.15, 0.2) is 71.8 Å². The first-order chi connectivity index (χ1) is 16.8. The maximum Gasteiger partial charge on any atom is 0.251 e. The van der Waals surface area contributed by atoms with E-state index in [0.29, 0.717) is 49.8 Å². The van der Waals surface area contributed by atoms with E-state index >= 15 is 0 Å². The molecule has 0 fully saturated rings. The van der Waals surface area contributed by atoms with Crippen molar-refractivity contribution in [1.82, 2.24) is 29.5 Å². The van der Waals surface area contributed by atoms with E-state index in [1.54, 1.807) is 68.8 Å². The van der Waals surface area contributed by atoms with Crippen LogP contribution in [0.25, 0.3) is 22.2 Å². The number of terminal acetylenes is 1. The fourth-order valence-electron chi connectivity index (χ4n) is 4.16. The number of nitrogens with zero attached hydrogens (tertiary/aromatic N) is 6. The Morgan fingerprint density at radius 3 is 2.54 bits per heavy atom. The molecule has 1 aromatic carbocycles. The Kier molecular flexibility index (Phi) is 5.44. The summed E-state index contributed by atoms with van der Waals surface area (Å²) in [7, 11) is 3.35. The monoisotopic (exact) mass is 482 g/mol. The van der Waals surface area contributed by atoms with E-state index in [1.165, 1.54) is 21.5 Å². The predicted octanol–water partition coefficient (Wildman–Crippen LogP) is 3.04. The summed E-state index contributed by atoms with van der Waals surface area (Å²) in [5.41, 5.74) is 1.45. The first-order valence-corrected chi connectivity index (χ1v) is 11.0. The van der Waals surface area contributed by atoms with Crippen molar-refractivity contribution in [3.63, 3.8) is 0 Å². The molecule has 4 aromatic heterocycles. The molecule has 0 saturated heterocycles. The standard InChI is InChI=1S/C26H19ClN6O2/c1-4-18-6-5-7-21(30-18)19-13-25(34)32(2)22-14-28-23(12-20(19)22)26(35,24-15-29-31-33(24)3)16-8-10-17(27)11-9-16/h1,5-15,35H,2-3H3/t26-/m1/s1. The summed E-state index contributed by atoms with van der Waals surface area (Å²) in [5, 5.41) is 21.3. The smallest absolute Gasteiger partial charge is 0.251 e. The fourth-order valence-corrected chi connectivity index (χ4v) is 4.28. The molecule has 5 aromatic rings. The van der Waals surface area contributed by atoms with Gasteiger partial charge >= 0.3 is 0 Å². The number of hydrogen-bond donors (Lipinski definition) is 1. The number of hydrogen-bond acceptors (Lipinski definition) is 6. The molecule has 0 spiro atoms. The summed E-state index contributed by atoms with van der Waals surface area (Å²) in [5.74, 6) is 2.52. The Morgan fingerprint density at radius 2 is 1.86 bits per heavy atom. The lowest BCUT2D eigenvalue weighted by atomic mass is 9.86. The molecule has 0 amide bonds. The summed E-state index contributed by atoms with van der Waals surface area (Å²) >= 11 is 6.11. The largest absolute Gasteiger partial charge is 0.373 e. The molecule has 0 aliphatic rings. The molecule has 0 radical (unpaired) electrons. The van der Waals surface area contributed by atoms with E-state index in [4.69, 9.17) is 18.0 Å². The Morgan fingerprint density at radius 1 is 1.09 bits per heavy atom. The topological polar surface area (TPSA) is 98.7 Å². The lowest BCUT2D eigenvalue weighted by Gasteiger charge is -2.28. The van der Waals surface area contributed by atoms with Crippen molar-refractivity contribution in [3.05, 3.63) is 105 Å². The van der Waals surface area contributed by atoms with Gasteiger partial charge in [-0.25, -0.2) is 9.67 Å². The summed E-state index contributed by atoms with van der Waals surface area (Å²) in [6, 6.07) is 15.4. The highest BCUT2D eigenvalue weighted by Gasteiger charge is 2.39. The second-order valence-electron chi connectivity index (χ2n) is 8.05. The molecule has 0 aliphatic heterocycles. The van der Waals surface area contributed by atoms with Gasteiger partial charge in [-0.05, 0) is 35.9 Å². The maximum atomic E-state index is 12.7. The molecule has 35 heavy (non-hydrogen) atoms. The van der Waals surface area contributed by atoms with E-state index in [0.717, 1.165) is 0 Å². The zero-order valence-electron chi connectivity index (χ0n) is 18.8. The fraction of sp³-hybridized carbons (Fsp3) is 0.115. The van der Waals surface area contributed by atoms with E-state index in [1.807, 2.05) is 0 Å². The number of aryl methyl sites for hydroxylation is 2. The van der Waals surface area contributed by atoms with Crippen molar-refractivity contribution in [1.29, 1.82) is 0 Å². The number of fused-ring (bicyclic) bond motifs is 1. The predicted molar refractivity (Wildman–Crippen MR) is 133 cm³/mol. The van der Waals surface area contributed by atoms with Gasteiger partial charge in [0, 0.05) is 36.1 Å². The number of aromatic nitrogens is 6. The molecule has 5 rings (SSSR count). The van der Waals surface area contributed by atoms with Gasteiger partial charge in [-0.2, -0.15) is 0 Å². The lowest BCUT2D eigenvalue weighted by molar-refractivity contribution is 0.111. The van der Waals surface area contributed by atoms with Crippen LogP contribution in [0, 0.1) is 12.3 Å². The third-order valence-electron chi connectivity index (χ3n) is 6.02. The number of pyridine rings is 3. The second-order valence-corrected chi connectivity index (χ2v) is 8.49. The second kappa shape index (κ2) is 8.47.